The third-order valence-electron chi connectivity index (χ3n) is 8.89. The molecule has 10 heteroatoms. The molecule has 1 aliphatic heterocycles. The van der Waals surface area contributed by atoms with Crippen molar-refractivity contribution in [3.05, 3.63) is 69.2 Å². The van der Waals surface area contributed by atoms with E-state index in [9.17, 15) is 19.5 Å². The molecule has 0 saturated heterocycles. The van der Waals surface area contributed by atoms with Gasteiger partial charge in [0, 0.05) is 40.1 Å². The van der Waals surface area contributed by atoms with Gasteiger partial charge in [-0.2, -0.15) is 0 Å². The monoisotopic (exact) mass is 605 g/mol. The van der Waals surface area contributed by atoms with Crippen molar-refractivity contribution in [3.63, 3.8) is 0 Å². The molecule has 5 rings (SSSR count). The second kappa shape index (κ2) is 12.8. The van der Waals surface area contributed by atoms with E-state index in [-0.39, 0.29) is 60.4 Å². The number of hydrogen-bond acceptors (Lipinski definition) is 5. The van der Waals surface area contributed by atoms with Crippen molar-refractivity contribution in [1.82, 2.24) is 10.2 Å². The first-order chi connectivity index (χ1) is 19.0. The SMILES string of the molecule is CC1CC2(CC(C)C1C)N=C(c1cc(Cl)cc(Cl)c1)C(=O)N2[C@@H](c1ccc(C(=O)NCCC(=O)[O-])cc1)C1CC1.[Na+]. The zero-order chi connectivity index (χ0) is 28.8. The number of halogens is 2. The molecule has 1 spiro atoms. The van der Waals surface area contributed by atoms with Crippen molar-refractivity contribution in [2.45, 2.75) is 64.6 Å². The molecule has 2 amide bonds. The van der Waals surface area contributed by atoms with Crippen LogP contribution in [-0.2, 0) is 9.59 Å². The molecule has 0 bridgehead atoms. The Bertz CT molecular complexity index is 1330. The van der Waals surface area contributed by atoms with Gasteiger partial charge in [-0.1, -0.05) is 56.1 Å². The van der Waals surface area contributed by atoms with Crippen molar-refractivity contribution in [1.29, 1.82) is 0 Å². The quantitative estimate of drug-likeness (QED) is 0.465. The second-order valence-corrected chi connectivity index (χ2v) is 12.7. The molecule has 2 aromatic rings. The summed E-state index contributed by atoms with van der Waals surface area (Å²) in [7, 11) is 0. The summed E-state index contributed by atoms with van der Waals surface area (Å²) in [5, 5.41) is 14.2. The molecule has 7 nitrogen and oxygen atoms in total. The number of carboxylic acid groups (broad SMARTS) is 1. The van der Waals surface area contributed by atoms with Crippen LogP contribution in [0.1, 0.15) is 80.4 Å². The fraction of sp³-hybridized carbons (Fsp3) is 0.484. The molecule has 1 heterocycles. The average Bonchev–Trinajstić information content (AvgIpc) is 3.69. The molecule has 2 saturated carbocycles. The molecule has 0 radical (unpaired) electrons. The number of nitrogens with zero attached hydrogens (tertiary/aromatic N) is 2. The van der Waals surface area contributed by atoms with E-state index in [1.807, 2.05) is 17.0 Å². The number of aliphatic imine (C=N–C) groups is 1. The maximum atomic E-state index is 14.4. The standard InChI is InChI=1S/C31H35Cl2N3O4.Na/c1-17-15-31(16-18(2)19(17)3)35-27(23-12-24(32)14-25(33)13-23)30(40)36(31)28(20-4-5-20)21-6-8-22(9-7-21)29(39)34-11-10-26(37)38;/h6-9,12-14,17-20,28H,4-5,10-11,15-16H2,1-3H3,(H,34,39)(H,37,38);/q;+1/p-1/t17?,18?,19?,28-,31?;/m1./s1. The summed E-state index contributed by atoms with van der Waals surface area (Å²) >= 11 is 12.7. The molecular weight excluding hydrogens is 572 g/mol. The van der Waals surface area contributed by atoms with Crippen LogP contribution in [0.5, 0.6) is 0 Å². The van der Waals surface area contributed by atoms with Crippen molar-refractivity contribution >= 4 is 46.7 Å². The number of amides is 2. The number of hydrogen-bond donors (Lipinski definition) is 1. The summed E-state index contributed by atoms with van der Waals surface area (Å²) in [6.07, 6.45) is 3.31. The van der Waals surface area contributed by atoms with E-state index in [4.69, 9.17) is 28.2 Å². The van der Waals surface area contributed by atoms with Crippen LogP contribution in [0, 0.1) is 23.7 Å². The van der Waals surface area contributed by atoms with E-state index in [1.54, 1.807) is 30.3 Å². The van der Waals surface area contributed by atoms with Gasteiger partial charge in [-0.05, 0) is 85.3 Å². The second-order valence-electron chi connectivity index (χ2n) is 11.8. The van der Waals surface area contributed by atoms with Crippen LogP contribution >= 0.6 is 23.2 Å². The van der Waals surface area contributed by atoms with Crippen LogP contribution in [0.4, 0.5) is 0 Å². The smallest absolute Gasteiger partial charge is 0.550 e. The van der Waals surface area contributed by atoms with Crippen LogP contribution in [0.3, 0.4) is 0 Å². The Balaban J connectivity index is 0.00000387. The predicted octanol–water partition coefficient (Wildman–Crippen LogP) is 2.05. The van der Waals surface area contributed by atoms with Gasteiger partial charge in [-0.25, -0.2) is 0 Å². The Morgan fingerprint density at radius 3 is 2.17 bits per heavy atom. The number of carbonyl (C=O) groups is 3. The number of rotatable bonds is 8. The van der Waals surface area contributed by atoms with Crippen molar-refractivity contribution in [2.75, 3.05) is 6.54 Å². The van der Waals surface area contributed by atoms with Gasteiger partial charge in [0.15, 0.2) is 0 Å². The predicted molar refractivity (Wildman–Crippen MR) is 153 cm³/mol. The van der Waals surface area contributed by atoms with E-state index >= 15 is 0 Å². The van der Waals surface area contributed by atoms with E-state index in [0.717, 1.165) is 31.2 Å². The van der Waals surface area contributed by atoms with Crippen molar-refractivity contribution < 1.29 is 49.0 Å². The van der Waals surface area contributed by atoms with Gasteiger partial charge in [-0.3, -0.25) is 14.6 Å². The van der Waals surface area contributed by atoms with Gasteiger partial charge in [0.25, 0.3) is 11.8 Å². The Morgan fingerprint density at radius 1 is 1.05 bits per heavy atom. The Kier molecular flexibility index (Phi) is 9.97. The summed E-state index contributed by atoms with van der Waals surface area (Å²) in [5.74, 6) is -0.128. The first kappa shape index (κ1) is 32.0. The minimum absolute atomic E-state index is 0. The molecule has 2 aromatic carbocycles. The third-order valence-corrected chi connectivity index (χ3v) is 9.33. The summed E-state index contributed by atoms with van der Waals surface area (Å²) in [5.41, 5.74) is 1.73. The summed E-state index contributed by atoms with van der Waals surface area (Å²) in [4.78, 5) is 44.9. The van der Waals surface area contributed by atoms with Crippen molar-refractivity contribution in [3.8, 4) is 0 Å². The Hall–Kier alpha value is -1.90. The molecule has 0 aromatic heterocycles. The van der Waals surface area contributed by atoms with E-state index in [2.05, 4.69) is 26.1 Å². The molecule has 3 aliphatic rings. The summed E-state index contributed by atoms with van der Waals surface area (Å²) in [6.45, 7) is 6.77. The van der Waals surface area contributed by atoms with E-state index < -0.39 is 11.6 Å². The average molecular weight is 607 g/mol. The van der Waals surface area contributed by atoms with Crippen LogP contribution in [-0.4, -0.2) is 40.6 Å². The van der Waals surface area contributed by atoms with Gasteiger partial charge < -0.3 is 20.1 Å². The maximum absolute atomic E-state index is 14.4. The summed E-state index contributed by atoms with van der Waals surface area (Å²) in [6, 6.07) is 12.2. The first-order valence-corrected chi connectivity index (χ1v) is 14.7. The van der Waals surface area contributed by atoms with Gasteiger partial charge in [0.2, 0.25) is 0 Å². The summed E-state index contributed by atoms with van der Waals surface area (Å²) < 4.78 is 0. The molecule has 2 unspecified atom stereocenters. The number of carbonyl (C=O) groups excluding carboxylic acids is 3. The zero-order valence-corrected chi connectivity index (χ0v) is 27.5. The van der Waals surface area contributed by atoms with Gasteiger partial charge >= 0.3 is 29.6 Å². The number of benzene rings is 2. The van der Waals surface area contributed by atoms with Crippen LogP contribution in [0.15, 0.2) is 47.5 Å². The zero-order valence-electron chi connectivity index (χ0n) is 24.0. The molecular formula is C31H34Cl2N3NaO4. The van der Waals surface area contributed by atoms with Crippen LogP contribution in [0.25, 0.3) is 0 Å². The molecule has 2 fully saturated rings. The number of nitrogens with one attached hydrogen (secondary N) is 1. The Labute approximate surface area is 273 Å². The molecule has 2 aliphatic carbocycles. The van der Waals surface area contributed by atoms with Gasteiger partial charge in [0.1, 0.15) is 11.4 Å². The van der Waals surface area contributed by atoms with E-state index in [1.165, 1.54) is 0 Å². The number of aliphatic carboxylic acids is 1. The van der Waals surface area contributed by atoms with Gasteiger partial charge in [0.05, 0.1) is 6.04 Å². The topological polar surface area (TPSA) is 102 Å². The Morgan fingerprint density at radius 2 is 1.63 bits per heavy atom. The maximum Gasteiger partial charge on any atom is 1.00 e. The molecule has 3 atom stereocenters. The van der Waals surface area contributed by atoms with Crippen LogP contribution in [0.2, 0.25) is 10.0 Å². The van der Waals surface area contributed by atoms with Crippen molar-refractivity contribution in [2.24, 2.45) is 28.7 Å². The molecule has 212 valence electrons. The first-order valence-electron chi connectivity index (χ1n) is 14.0. The fourth-order valence-corrected chi connectivity index (χ4v) is 6.99. The fourth-order valence-electron chi connectivity index (χ4n) is 6.47. The van der Waals surface area contributed by atoms with Gasteiger partial charge in [-0.15, -0.1) is 0 Å². The normalized spacial score (nSPS) is 26.4. The molecule has 41 heavy (non-hydrogen) atoms. The number of carboxylic acids is 1. The molecule has 1 N–H and O–H groups in total. The van der Waals surface area contributed by atoms with Crippen LogP contribution < -0.4 is 40.0 Å². The minimum Gasteiger partial charge on any atom is -0.550 e. The largest absolute Gasteiger partial charge is 1.00 e. The van der Waals surface area contributed by atoms with E-state index in [0.29, 0.717) is 50.6 Å². The third kappa shape index (κ3) is 6.70. The minimum atomic E-state index is -1.21.